The molecule has 0 aromatic heterocycles. The molecular weight excluding hydrogens is 228 g/mol. The maximum absolute atomic E-state index is 12.1. The van der Waals surface area contributed by atoms with E-state index in [0.29, 0.717) is 31.5 Å². The molecule has 0 spiro atoms. The molecule has 1 aromatic rings. The Bertz CT molecular complexity index is 445. The van der Waals surface area contributed by atoms with Gasteiger partial charge in [0.15, 0.2) is 6.10 Å². The molecule has 1 atom stereocenters. The molecule has 2 rings (SSSR count). The molecular formula is C14H16N2O2. The van der Waals surface area contributed by atoms with Gasteiger partial charge in [-0.15, -0.1) is 0 Å². The summed E-state index contributed by atoms with van der Waals surface area (Å²) in [4.78, 5) is 13.7. The average Bonchev–Trinajstić information content (AvgIpc) is 2.47. The molecule has 94 valence electrons. The van der Waals surface area contributed by atoms with E-state index in [0.717, 1.165) is 0 Å². The quantitative estimate of drug-likeness (QED) is 0.857. The number of benzene rings is 1. The van der Waals surface area contributed by atoms with Gasteiger partial charge < -0.3 is 10.0 Å². The molecule has 0 bridgehead atoms. The first-order valence-electron chi connectivity index (χ1n) is 6.14. The zero-order chi connectivity index (χ0) is 13.0. The fourth-order valence-corrected chi connectivity index (χ4v) is 2.18. The van der Waals surface area contributed by atoms with Gasteiger partial charge in [-0.2, -0.15) is 5.26 Å². The molecule has 4 nitrogen and oxygen atoms in total. The van der Waals surface area contributed by atoms with E-state index in [1.165, 1.54) is 0 Å². The van der Waals surface area contributed by atoms with Crippen molar-refractivity contribution in [1.29, 1.82) is 5.26 Å². The van der Waals surface area contributed by atoms with Crippen LogP contribution >= 0.6 is 0 Å². The topological polar surface area (TPSA) is 64.3 Å². The van der Waals surface area contributed by atoms with Crippen molar-refractivity contribution in [2.45, 2.75) is 18.9 Å². The van der Waals surface area contributed by atoms with Gasteiger partial charge in [0.2, 0.25) is 0 Å². The van der Waals surface area contributed by atoms with Gasteiger partial charge in [-0.25, -0.2) is 0 Å². The minimum absolute atomic E-state index is 0.0444. The fourth-order valence-electron chi connectivity index (χ4n) is 2.18. The first-order chi connectivity index (χ1) is 8.72. The van der Waals surface area contributed by atoms with Crippen molar-refractivity contribution in [1.82, 2.24) is 4.90 Å². The van der Waals surface area contributed by atoms with Gasteiger partial charge in [-0.3, -0.25) is 4.79 Å². The summed E-state index contributed by atoms with van der Waals surface area (Å²) >= 11 is 0. The van der Waals surface area contributed by atoms with Crippen LogP contribution in [0.4, 0.5) is 0 Å². The molecule has 0 radical (unpaired) electrons. The molecule has 0 saturated carbocycles. The van der Waals surface area contributed by atoms with Gasteiger partial charge in [-0.05, 0) is 18.4 Å². The number of piperidine rings is 1. The predicted molar refractivity (Wildman–Crippen MR) is 66.3 cm³/mol. The minimum atomic E-state index is -1.09. The molecule has 4 heteroatoms. The van der Waals surface area contributed by atoms with Gasteiger partial charge in [0.1, 0.15) is 0 Å². The van der Waals surface area contributed by atoms with Crippen LogP contribution in [0.5, 0.6) is 0 Å². The van der Waals surface area contributed by atoms with Crippen molar-refractivity contribution < 1.29 is 9.90 Å². The van der Waals surface area contributed by atoms with Gasteiger partial charge in [0, 0.05) is 19.0 Å². The highest BCUT2D eigenvalue weighted by atomic mass is 16.3. The zero-order valence-corrected chi connectivity index (χ0v) is 10.1. The molecule has 1 aromatic carbocycles. The molecule has 1 aliphatic rings. The highest BCUT2D eigenvalue weighted by Crippen LogP contribution is 2.21. The monoisotopic (exact) mass is 244 g/mol. The van der Waals surface area contributed by atoms with Crippen LogP contribution in [-0.4, -0.2) is 29.0 Å². The Balaban J connectivity index is 1.98. The second-order valence-corrected chi connectivity index (χ2v) is 4.54. The first kappa shape index (κ1) is 12.6. The first-order valence-corrected chi connectivity index (χ1v) is 6.14. The Morgan fingerprint density at radius 3 is 2.50 bits per heavy atom. The standard InChI is InChI=1S/C14H16N2O2/c15-10-11-6-8-16(9-7-11)14(18)13(17)12-4-2-1-3-5-12/h1-5,11,13,17H,6-9H2. The molecule has 1 N–H and O–H groups in total. The highest BCUT2D eigenvalue weighted by Gasteiger charge is 2.27. The number of aliphatic hydroxyl groups excluding tert-OH is 1. The van der Waals surface area contributed by atoms with Gasteiger partial charge in [0.05, 0.1) is 6.07 Å². The molecule has 1 unspecified atom stereocenters. The maximum atomic E-state index is 12.1. The summed E-state index contributed by atoms with van der Waals surface area (Å²) in [5.41, 5.74) is 0.616. The number of aliphatic hydroxyl groups is 1. The second kappa shape index (κ2) is 5.65. The summed E-state index contributed by atoms with van der Waals surface area (Å²) in [6.07, 6.45) is 0.304. The lowest BCUT2D eigenvalue weighted by Crippen LogP contribution is -2.40. The lowest BCUT2D eigenvalue weighted by atomic mass is 9.97. The molecule has 18 heavy (non-hydrogen) atoms. The molecule has 1 heterocycles. The third kappa shape index (κ3) is 2.69. The maximum Gasteiger partial charge on any atom is 0.256 e. The Hall–Kier alpha value is -1.86. The van der Waals surface area contributed by atoms with E-state index in [1.54, 1.807) is 29.2 Å². The van der Waals surface area contributed by atoms with Crippen molar-refractivity contribution in [3.63, 3.8) is 0 Å². The number of amides is 1. The van der Waals surface area contributed by atoms with E-state index >= 15 is 0 Å². The van der Waals surface area contributed by atoms with E-state index in [4.69, 9.17) is 5.26 Å². The largest absolute Gasteiger partial charge is 0.378 e. The average molecular weight is 244 g/mol. The number of carbonyl (C=O) groups excluding carboxylic acids is 1. The van der Waals surface area contributed by atoms with Crippen LogP contribution in [0.15, 0.2) is 30.3 Å². The fraction of sp³-hybridized carbons (Fsp3) is 0.429. The van der Waals surface area contributed by atoms with Crippen LogP contribution in [0.1, 0.15) is 24.5 Å². The van der Waals surface area contributed by atoms with Crippen LogP contribution in [0.25, 0.3) is 0 Å². The summed E-state index contributed by atoms with van der Waals surface area (Å²) in [6.45, 7) is 1.11. The number of nitriles is 1. The van der Waals surface area contributed by atoms with E-state index in [2.05, 4.69) is 6.07 Å². The SMILES string of the molecule is N#CC1CCN(C(=O)C(O)c2ccccc2)CC1. The van der Waals surface area contributed by atoms with Crippen molar-refractivity contribution in [3.05, 3.63) is 35.9 Å². The molecule has 1 saturated heterocycles. The summed E-state index contributed by atoms with van der Waals surface area (Å²) in [6, 6.07) is 11.2. The predicted octanol–water partition coefficient (Wildman–Crippen LogP) is 1.48. The number of hydrogen-bond donors (Lipinski definition) is 1. The smallest absolute Gasteiger partial charge is 0.256 e. The Labute approximate surface area is 106 Å². The second-order valence-electron chi connectivity index (χ2n) is 4.54. The Morgan fingerprint density at radius 1 is 1.33 bits per heavy atom. The number of carbonyl (C=O) groups is 1. The van der Waals surface area contributed by atoms with Crippen LogP contribution in [0, 0.1) is 17.2 Å². The van der Waals surface area contributed by atoms with E-state index in [-0.39, 0.29) is 11.8 Å². The van der Waals surface area contributed by atoms with Crippen molar-refractivity contribution in [2.24, 2.45) is 5.92 Å². The highest BCUT2D eigenvalue weighted by molar-refractivity contribution is 5.82. The third-order valence-corrected chi connectivity index (χ3v) is 3.34. The summed E-state index contributed by atoms with van der Waals surface area (Å²) < 4.78 is 0. The van der Waals surface area contributed by atoms with Crippen LogP contribution in [0.2, 0.25) is 0 Å². The number of likely N-dealkylation sites (tertiary alicyclic amines) is 1. The third-order valence-electron chi connectivity index (χ3n) is 3.34. The van der Waals surface area contributed by atoms with Gasteiger partial charge in [0.25, 0.3) is 5.91 Å². The zero-order valence-electron chi connectivity index (χ0n) is 10.1. The molecule has 1 aliphatic heterocycles. The number of rotatable bonds is 2. The number of nitrogens with zero attached hydrogens (tertiary/aromatic N) is 2. The molecule has 1 amide bonds. The van der Waals surface area contributed by atoms with Gasteiger partial charge in [-0.1, -0.05) is 30.3 Å². The molecule has 0 aliphatic carbocycles. The van der Waals surface area contributed by atoms with Crippen LogP contribution in [0.3, 0.4) is 0 Å². The van der Waals surface area contributed by atoms with E-state index in [1.807, 2.05) is 6.07 Å². The van der Waals surface area contributed by atoms with E-state index in [9.17, 15) is 9.90 Å². The van der Waals surface area contributed by atoms with Gasteiger partial charge >= 0.3 is 0 Å². The van der Waals surface area contributed by atoms with Crippen LogP contribution < -0.4 is 0 Å². The summed E-state index contributed by atoms with van der Waals surface area (Å²) in [5.74, 6) is -0.222. The van der Waals surface area contributed by atoms with Crippen LogP contribution in [-0.2, 0) is 4.79 Å². The van der Waals surface area contributed by atoms with Crippen molar-refractivity contribution in [2.75, 3.05) is 13.1 Å². The normalized spacial score (nSPS) is 18.1. The molecule has 1 fully saturated rings. The minimum Gasteiger partial charge on any atom is -0.378 e. The lowest BCUT2D eigenvalue weighted by Gasteiger charge is -2.30. The summed E-state index contributed by atoms with van der Waals surface area (Å²) in [7, 11) is 0. The van der Waals surface area contributed by atoms with Crippen molar-refractivity contribution in [3.8, 4) is 6.07 Å². The Kier molecular flexibility index (Phi) is 3.96. The Morgan fingerprint density at radius 2 is 1.94 bits per heavy atom. The van der Waals surface area contributed by atoms with E-state index < -0.39 is 6.10 Å². The summed E-state index contributed by atoms with van der Waals surface area (Å²) in [5, 5.41) is 18.8. The number of hydrogen-bond acceptors (Lipinski definition) is 3. The lowest BCUT2D eigenvalue weighted by molar-refractivity contribution is -0.141. The van der Waals surface area contributed by atoms with Crippen molar-refractivity contribution >= 4 is 5.91 Å².